The second kappa shape index (κ2) is 3.15. The fourth-order valence-corrected chi connectivity index (χ4v) is 3.24. The lowest BCUT2D eigenvalue weighted by molar-refractivity contribution is 0.499. The number of hydrogen-bond donors (Lipinski definition) is 1. The van der Waals surface area contributed by atoms with E-state index in [1.54, 1.807) is 0 Å². The predicted octanol–water partition coefficient (Wildman–Crippen LogP) is 2.40. The monoisotopic (exact) mass is 229 g/mol. The SMILES string of the molecule is Nc1cccc2oc(N3CC4CCC3C4)nc12. The molecule has 4 nitrogen and oxygen atoms in total. The molecule has 0 spiro atoms. The number of rotatable bonds is 1. The topological polar surface area (TPSA) is 55.3 Å². The van der Waals surface area contributed by atoms with Crippen LogP contribution in [0.15, 0.2) is 22.6 Å². The van der Waals surface area contributed by atoms with Gasteiger partial charge in [-0.25, -0.2) is 0 Å². The Hall–Kier alpha value is -1.71. The maximum atomic E-state index is 5.90. The Morgan fingerprint density at radius 2 is 2.29 bits per heavy atom. The summed E-state index contributed by atoms with van der Waals surface area (Å²) in [5.74, 6) is 0.840. The summed E-state index contributed by atoms with van der Waals surface area (Å²) in [5, 5.41) is 0. The number of nitrogen functional groups attached to an aromatic ring is 1. The third-order valence-electron chi connectivity index (χ3n) is 4.09. The van der Waals surface area contributed by atoms with Crippen LogP contribution in [0.2, 0.25) is 0 Å². The molecule has 1 saturated carbocycles. The summed E-state index contributed by atoms with van der Waals surface area (Å²) in [6, 6.07) is 7.09. The summed E-state index contributed by atoms with van der Waals surface area (Å²) < 4.78 is 5.82. The van der Waals surface area contributed by atoms with Crippen LogP contribution in [0.1, 0.15) is 19.3 Å². The zero-order valence-corrected chi connectivity index (χ0v) is 9.60. The highest BCUT2D eigenvalue weighted by Crippen LogP contribution is 2.40. The maximum absolute atomic E-state index is 5.90. The van der Waals surface area contributed by atoms with Crippen LogP contribution in [0.5, 0.6) is 0 Å². The molecule has 4 rings (SSSR count). The summed E-state index contributed by atoms with van der Waals surface area (Å²) >= 11 is 0. The molecule has 0 amide bonds. The molecule has 0 radical (unpaired) electrons. The molecular weight excluding hydrogens is 214 g/mol. The van der Waals surface area contributed by atoms with Crippen molar-refractivity contribution in [3.63, 3.8) is 0 Å². The van der Waals surface area contributed by atoms with Crippen molar-refractivity contribution < 1.29 is 4.42 Å². The maximum Gasteiger partial charge on any atom is 0.298 e. The third kappa shape index (κ3) is 1.27. The molecular formula is C13H15N3O. The molecule has 2 heterocycles. The number of anilines is 2. The van der Waals surface area contributed by atoms with Crippen molar-refractivity contribution in [2.45, 2.75) is 25.3 Å². The van der Waals surface area contributed by atoms with Gasteiger partial charge in [0.2, 0.25) is 0 Å². The van der Waals surface area contributed by atoms with Crippen LogP contribution >= 0.6 is 0 Å². The Morgan fingerprint density at radius 1 is 1.35 bits per heavy atom. The summed E-state index contributed by atoms with van der Waals surface area (Å²) in [6.45, 7) is 1.09. The fraction of sp³-hybridized carbons (Fsp3) is 0.462. The highest BCUT2D eigenvalue weighted by molar-refractivity contribution is 5.86. The smallest absolute Gasteiger partial charge is 0.298 e. The van der Waals surface area contributed by atoms with Crippen molar-refractivity contribution in [3.05, 3.63) is 18.2 Å². The molecule has 1 aromatic carbocycles. The number of benzene rings is 1. The number of piperidine rings is 1. The summed E-state index contributed by atoms with van der Waals surface area (Å²) in [4.78, 5) is 6.86. The minimum Gasteiger partial charge on any atom is -0.423 e. The van der Waals surface area contributed by atoms with E-state index in [-0.39, 0.29) is 0 Å². The van der Waals surface area contributed by atoms with Crippen LogP contribution in [-0.2, 0) is 0 Å². The first-order chi connectivity index (χ1) is 8.31. The predicted molar refractivity (Wildman–Crippen MR) is 66.9 cm³/mol. The quantitative estimate of drug-likeness (QED) is 0.763. The molecule has 2 bridgehead atoms. The average Bonchev–Trinajstić information content (AvgIpc) is 3.03. The van der Waals surface area contributed by atoms with Gasteiger partial charge < -0.3 is 15.1 Å². The molecule has 1 aromatic heterocycles. The molecule has 2 atom stereocenters. The van der Waals surface area contributed by atoms with Crippen LogP contribution in [0, 0.1) is 5.92 Å². The first-order valence-electron chi connectivity index (χ1n) is 6.23. The van der Waals surface area contributed by atoms with Crippen molar-refractivity contribution in [2.75, 3.05) is 17.2 Å². The minimum absolute atomic E-state index is 0.634. The van der Waals surface area contributed by atoms with Gasteiger partial charge in [0.25, 0.3) is 6.01 Å². The van der Waals surface area contributed by atoms with Crippen molar-refractivity contribution in [2.24, 2.45) is 5.92 Å². The van der Waals surface area contributed by atoms with E-state index in [2.05, 4.69) is 9.88 Å². The lowest BCUT2D eigenvalue weighted by atomic mass is 10.1. The first kappa shape index (κ1) is 9.33. The molecule has 2 aliphatic rings. The molecule has 2 N–H and O–H groups in total. The zero-order chi connectivity index (χ0) is 11.4. The molecule has 1 saturated heterocycles. The molecule has 4 heteroatoms. The summed E-state index contributed by atoms with van der Waals surface area (Å²) in [5.41, 5.74) is 8.19. The van der Waals surface area contributed by atoms with Gasteiger partial charge in [-0.05, 0) is 37.3 Å². The largest absolute Gasteiger partial charge is 0.423 e. The Bertz CT molecular complexity index is 577. The van der Waals surface area contributed by atoms with E-state index < -0.39 is 0 Å². The summed E-state index contributed by atoms with van der Waals surface area (Å²) in [7, 11) is 0. The van der Waals surface area contributed by atoms with Crippen molar-refractivity contribution in [1.82, 2.24) is 4.98 Å². The second-order valence-electron chi connectivity index (χ2n) is 5.18. The molecule has 17 heavy (non-hydrogen) atoms. The minimum atomic E-state index is 0.634. The number of nitrogens with two attached hydrogens (primary N) is 1. The Labute approximate surface area is 99.4 Å². The lowest BCUT2D eigenvalue weighted by Gasteiger charge is -2.24. The van der Waals surface area contributed by atoms with E-state index in [0.29, 0.717) is 11.7 Å². The van der Waals surface area contributed by atoms with Crippen molar-refractivity contribution in [3.8, 4) is 0 Å². The van der Waals surface area contributed by atoms with Gasteiger partial charge in [-0.1, -0.05) is 6.07 Å². The van der Waals surface area contributed by atoms with E-state index in [1.165, 1.54) is 19.3 Å². The average molecular weight is 229 g/mol. The van der Waals surface area contributed by atoms with Crippen LogP contribution in [-0.4, -0.2) is 17.6 Å². The van der Waals surface area contributed by atoms with Gasteiger partial charge in [-0.2, -0.15) is 4.98 Å². The molecule has 2 fully saturated rings. The van der Waals surface area contributed by atoms with Gasteiger partial charge in [0.1, 0.15) is 5.52 Å². The highest BCUT2D eigenvalue weighted by Gasteiger charge is 2.39. The second-order valence-corrected chi connectivity index (χ2v) is 5.18. The fourth-order valence-electron chi connectivity index (χ4n) is 3.24. The number of nitrogens with zero attached hydrogens (tertiary/aromatic N) is 2. The molecule has 2 aromatic rings. The first-order valence-corrected chi connectivity index (χ1v) is 6.23. The Morgan fingerprint density at radius 3 is 3.00 bits per heavy atom. The van der Waals surface area contributed by atoms with Gasteiger partial charge >= 0.3 is 0 Å². The lowest BCUT2D eigenvalue weighted by Crippen LogP contribution is -2.31. The number of hydrogen-bond acceptors (Lipinski definition) is 4. The van der Waals surface area contributed by atoms with Crippen LogP contribution < -0.4 is 10.6 Å². The van der Waals surface area contributed by atoms with Crippen LogP contribution in [0.25, 0.3) is 11.1 Å². The molecule has 2 unspecified atom stereocenters. The van der Waals surface area contributed by atoms with Crippen molar-refractivity contribution in [1.29, 1.82) is 0 Å². The van der Waals surface area contributed by atoms with Crippen LogP contribution in [0.4, 0.5) is 11.7 Å². The molecule has 88 valence electrons. The van der Waals surface area contributed by atoms with Crippen LogP contribution in [0.3, 0.4) is 0 Å². The molecule has 1 aliphatic carbocycles. The standard InChI is InChI=1S/C13H15N3O/c14-10-2-1-3-11-12(10)15-13(17-11)16-7-8-4-5-9(16)6-8/h1-3,8-9H,4-7,14H2. The third-order valence-corrected chi connectivity index (χ3v) is 4.09. The molecule has 1 aliphatic heterocycles. The van der Waals surface area contributed by atoms with E-state index >= 15 is 0 Å². The van der Waals surface area contributed by atoms with E-state index in [4.69, 9.17) is 10.2 Å². The van der Waals surface area contributed by atoms with Crippen molar-refractivity contribution >= 4 is 22.8 Å². The van der Waals surface area contributed by atoms with Gasteiger partial charge in [-0.15, -0.1) is 0 Å². The summed E-state index contributed by atoms with van der Waals surface area (Å²) in [6.07, 6.45) is 3.94. The number of aromatic nitrogens is 1. The number of fused-ring (bicyclic) bond motifs is 3. The van der Waals surface area contributed by atoms with E-state index in [1.807, 2.05) is 18.2 Å². The normalized spacial score (nSPS) is 27.2. The van der Waals surface area contributed by atoms with Gasteiger partial charge in [0.15, 0.2) is 5.58 Å². The Balaban J connectivity index is 1.79. The Kier molecular flexibility index (Phi) is 1.73. The highest BCUT2D eigenvalue weighted by atomic mass is 16.4. The van der Waals surface area contributed by atoms with E-state index in [0.717, 1.165) is 29.6 Å². The number of oxazole rings is 1. The zero-order valence-electron chi connectivity index (χ0n) is 9.60. The van der Waals surface area contributed by atoms with Gasteiger partial charge in [0, 0.05) is 12.6 Å². The number of para-hydroxylation sites is 1. The van der Waals surface area contributed by atoms with Gasteiger partial charge in [0.05, 0.1) is 5.69 Å². The van der Waals surface area contributed by atoms with Gasteiger partial charge in [-0.3, -0.25) is 0 Å². The van der Waals surface area contributed by atoms with E-state index in [9.17, 15) is 0 Å².